The Kier molecular flexibility index (Phi) is 1.73. The van der Waals surface area contributed by atoms with Crippen LogP contribution in [0.5, 0.6) is 11.5 Å². The molecule has 1 unspecified atom stereocenters. The molecule has 0 spiro atoms. The van der Waals surface area contributed by atoms with Crippen LogP contribution in [-0.4, -0.2) is 12.5 Å². The van der Waals surface area contributed by atoms with Crippen molar-refractivity contribution in [3.8, 4) is 11.5 Å². The van der Waals surface area contributed by atoms with Gasteiger partial charge < -0.3 is 15.2 Å². The van der Waals surface area contributed by atoms with Gasteiger partial charge in [0, 0.05) is 11.8 Å². The summed E-state index contributed by atoms with van der Waals surface area (Å²) >= 11 is 0. The number of nitrogen functional groups attached to an aromatic ring is 1. The molecule has 76 valence electrons. The van der Waals surface area contributed by atoms with Crippen LogP contribution in [0.4, 0.5) is 18.9 Å². The van der Waals surface area contributed by atoms with Crippen molar-refractivity contribution in [1.29, 1.82) is 0 Å². The smallest absolute Gasteiger partial charge is 0.447 e. The number of rotatable bonds is 0. The van der Waals surface area contributed by atoms with Crippen molar-refractivity contribution in [2.75, 3.05) is 5.73 Å². The Bertz CT molecular complexity index is 370. The summed E-state index contributed by atoms with van der Waals surface area (Å²) in [6, 6.07) is 3.78. The first-order valence-corrected chi connectivity index (χ1v) is 3.76. The molecule has 1 aromatic rings. The molecule has 1 aliphatic rings. The lowest BCUT2D eigenvalue weighted by molar-refractivity contribution is -0.281. The number of benzene rings is 1. The maximum absolute atomic E-state index is 12.6. The standard InChI is InChI=1S/C8H6F3NO2/c9-7-8(10,11)14-5-2-1-4(12)3-6(5)13-7/h1-3,7H,12H2. The Hall–Kier alpha value is -1.59. The summed E-state index contributed by atoms with van der Waals surface area (Å²) in [6.45, 7) is 0. The summed E-state index contributed by atoms with van der Waals surface area (Å²) in [5.41, 5.74) is 5.63. The fourth-order valence-electron chi connectivity index (χ4n) is 1.07. The predicted molar refractivity (Wildman–Crippen MR) is 42.0 cm³/mol. The average Bonchev–Trinajstić information content (AvgIpc) is 2.08. The van der Waals surface area contributed by atoms with Crippen LogP contribution in [-0.2, 0) is 0 Å². The van der Waals surface area contributed by atoms with Gasteiger partial charge in [0.2, 0.25) is 0 Å². The van der Waals surface area contributed by atoms with E-state index in [0.717, 1.165) is 0 Å². The van der Waals surface area contributed by atoms with Crippen LogP contribution in [0.25, 0.3) is 0 Å². The zero-order valence-electron chi connectivity index (χ0n) is 6.84. The fourth-order valence-corrected chi connectivity index (χ4v) is 1.07. The third kappa shape index (κ3) is 1.32. The van der Waals surface area contributed by atoms with E-state index in [1.54, 1.807) is 0 Å². The van der Waals surface area contributed by atoms with Gasteiger partial charge in [0.25, 0.3) is 0 Å². The first kappa shape index (κ1) is 8.98. The largest absolute Gasteiger partial charge is 0.468 e. The highest BCUT2D eigenvalue weighted by Crippen LogP contribution is 2.41. The lowest BCUT2D eigenvalue weighted by Gasteiger charge is -2.28. The van der Waals surface area contributed by atoms with Crippen LogP contribution >= 0.6 is 0 Å². The van der Waals surface area contributed by atoms with Crippen molar-refractivity contribution in [2.45, 2.75) is 12.5 Å². The predicted octanol–water partition coefficient (Wildman–Crippen LogP) is 1.93. The Morgan fingerprint density at radius 2 is 2.00 bits per heavy atom. The molecule has 1 heterocycles. The topological polar surface area (TPSA) is 44.5 Å². The van der Waals surface area contributed by atoms with Gasteiger partial charge in [-0.25, -0.2) is 0 Å². The number of hydrogen-bond acceptors (Lipinski definition) is 3. The van der Waals surface area contributed by atoms with Crippen molar-refractivity contribution >= 4 is 5.69 Å². The van der Waals surface area contributed by atoms with Crippen LogP contribution in [0.2, 0.25) is 0 Å². The lowest BCUT2D eigenvalue weighted by Crippen LogP contribution is -2.43. The third-order valence-corrected chi connectivity index (χ3v) is 1.71. The molecule has 0 amide bonds. The van der Waals surface area contributed by atoms with Crippen LogP contribution < -0.4 is 15.2 Å². The van der Waals surface area contributed by atoms with E-state index in [0.29, 0.717) is 0 Å². The number of anilines is 1. The van der Waals surface area contributed by atoms with Crippen LogP contribution in [0, 0.1) is 0 Å². The Labute approximate surface area is 77.2 Å². The maximum atomic E-state index is 12.6. The number of ether oxygens (including phenoxy) is 2. The van der Waals surface area contributed by atoms with Crippen molar-refractivity contribution in [3.05, 3.63) is 18.2 Å². The highest BCUT2D eigenvalue weighted by molar-refractivity contribution is 5.52. The van der Waals surface area contributed by atoms with E-state index in [-0.39, 0.29) is 17.2 Å². The molecule has 1 aliphatic heterocycles. The van der Waals surface area contributed by atoms with E-state index in [4.69, 9.17) is 5.73 Å². The van der Waals surface area contributed by atoms with E-state index in [1.165, 1.54) is 18.2 Å². The molecular formula is C8H6F3NO2. The molecule has 1 atom stereocenters. The molecule has 6 heteroatoms. The van der Waals surface area contributed by atoms with Gasteiger partial charge in [0.1, 0.15) is 0 Å². The van der Waals surface area contributed by atoms with E-state index >= 15 is 0 Å². The van der Waals surface area contributed by atoms with Crippen molar-refractivity contribution in [3.63, 3.8) is 0 Å². The van der Waals surface area contributed by atoms with Gasteiger partial charge in [-0.15, -0.1) is 0 Å². The molecule has 2 N–H and O–H groups in total. The summed E-state index contributed by atoms with van der Waals surface area (Å²) in [4.78, 5) is 0. The minimum Gasteiger partial charge on any atom is -0.447 e. The molecule has 14 heavy (non-hydrogen) atoms. The van der Waals surface area contributed by atoms with Crippen molar-refractivity contribution < 1.29 is 22.6 Å². The second-order valence-electron chi connectivity index (χ2n) is 2.80. The number of hydrogen-bond donors (Lipinski definition) is 1. The Morgan fingerprint density at radius 1 is 1.29 bits per heavy atom. The van der Waals surface area contributed by atoms with Gasteiger partial charge in [0.05, 0.1) is 0 Å². The lowest BCUT2D eigenvalue weighted by atomic mass is 10.2. The molecule has 2 rings (SSSR count). The number of alkyl halides is 3. The molecule has 0 saturated heterocycles. The minimum atomic E-state index is -3.96. The summed E-state index contributed by atoms with van der Waals surface area (Å²) in [6.07, 6.45) is -6.76. The van der Waals surface area contributed by atoms with Crippen LogP contribution in [0.1, 0.15) is 0 Å². The van der Waals surface area contributed by atoms with Crippen LogP contribution in [0.15, 0.2) is 18.2 Å². The zero-order valence-corrected chi connectivity index (χ0v) is 6.84. The normalized spacial score (nSPS) is 23.2. The highest BCUT2D eigenvalue weighted by Gasteiger charge is 2.49. The number of fused-ring (bicyclic) bond motifs is 1. The molecule has 0 aliphatic carbocycles. The van der Waals surface area contributed by atoms with Gasteiger partial charge in [-0.1, -0.05) is 0 Å². The fraction of sp³-hybridized carbons (Fsp3) is 0.250. The zero-order chi connectivity index (χ0) is 10.3. The van der Waals surface area contributed by atoms with Gasteiger partial charge in [0.15, 0.2) is 11.5 Å². The molecular weight excluding hydrogens is 199 g/mol. The van der Waals surface area contributed by atoms with E-state index in [1.807, 2.05) is 0 Å². The second kappa shape index (κ2) is 2.70. The number of halogens is 3. The molecule has 0 saturated carbocycles. The molecule has 1 aromatic carbocycles. The van der Waals surface area contributed by atoms with Gasteiger partial charge in [-0.3, -0.25) is 0 Å². The van der Waals surface area contributed by atoms with Gasteiger partial charge in [-0.2, -0.15) is 13.2 Å². The maximum Gasteiger partial charge on any atom is 0.468 e. The molecule has 0 aromatic heterocycles. The van der Waals surface area contributed by atoms with Crippen molar-refractivity contribution in [1.82, 2.24) is 0 Å². The molecule has 0 radical (unpaired) electrons. The van der Waals surface area contributed by atoms with Crippen molar-refractivity contribution in [2.24, 2.45) is 0 Å². The monoisotopic (exact) mass is 205 g/mol. The first-order valence-electron chi connectivity index (χ1n) is 3.76. The average molecular weight is 205 g/mol. The summed E-state index contributed by atoms with van der Waals surface area (Å²) in [7, 11) is 0. The highest BCUT2D eigenvalue weighted by atomic mass is 19.3. The third-order valence-electron chi connectivity index (χ3n) is 1.71. The van der Waals surface area contributed by atoms with E-state index in [9.17, 15) is 13.2 Å². The van der Waals surface area contributed by atoms with Gasteiger partial charge in [-0.05, 0) is 12.1 Å². The SMILES string of the molecule is Nc1ccc2c(c1)OC(F)C(F)(F)O2. The van der Waals surface area contributed by atoms with Crippen LogP contribution in [0.3, 0.4) is 0 Å². The molecule has 3 nitrogen and oxygen atoms in total. The number of nitrogens with two attached hydrogens (primary N) is 1. The second-order valence-corrected chi connectivity index (χ2v) is 2.80. The minimum absolute atomic E-state index is 0.122. The first-order chi connectivity index (χ1) is 6.49. The molecule has 0 bridgehead atoms. The Morgan fingerprint density at radius 3 is 2.71 bits per heavy atom. The van der Waals surface area contributed by atoms with E-state index in [2.05, 4.69) is 9.47 Å². The molecule has 0 fully saturated rings. The summed E-state index contributed by atoms with van der Waals surface area (Å²) in [5.74, 6) is -0.346. The quantitative estimate of drug-likeness (QED) is 0.658. The van der Waals surface area contributed by atoms with E-state index < -0.39 is 12.5 Å². The Balaban J connectivity index is 2.41. The summed E-state index contributed by atoms with van der Waals surface area (Å²) < 4.78 is 46.3. The van der Waals surface area contributed by atoms with Gasteiger partial charge >= 0.3 is 12.5 Å². The summed E-state index contributed by atoms with van der Waals surface area (Å²) in [5, 5.41) is 0.